The van der Waals surface area contributed by atoms with Crippen LogP contribution in [0.2, 0.25) is 5.02 Å². The number of nitrogens with zero attached hydrogens (tertiary/aromatic N) is 2. The number of aromatic nitrogens is 2. The number of nitrogens with one attached hydrogen (secondary N) is 2. The highest BCUT2D eigenvalue weighted by molar-refractivity contribution is 6.31. The second-order valence-electron chi connectivity index (χ2n) is 6.55. The molecule has 0 saturated carbocycles. The standard InChI is InChI=1S/C21H21ClN4O2/c1-12-5-13(2)7-16(6-12)25-20(27)15-10-23-21(24-11-15)26-18-8-14(3)17(22)9-19(18)28-4/h5-11H,1-4H3,(H,25,27)(H,23,24,26). The topological polar surface area (TPSA) is 76.1 Å². The zero-order valence-electron chi connectivity index (χ0n) is 16.1. The summed E-state index contributed by atoms with van der Waals surface area (Å²) in [7, 11) is 1.56. The first kappa shape index (κ1) is 19.6. The molecule has 0 aliphatic rings. The summed E-state index contributed by atoms with van der Waals surface area (Å²) >= 11 is 6.13. The number of rotatable bonds is 5. The lowest BCUT2D eigenvalue weighted by Gasteiger charge is -2.12. The number of aryl methyl sites for hydroxylation is 3. The maximum atomic E-state index is 12.4. The molecule has 1 aromatic heterocycles. The largest absolute Gasteiger partial charge is 0.495 e. The van der Waals surface area contributed by atoms with Crippen molar-refractivity contribution in [1.29, 1.82) is 0 Å². The molecule has 6 nitrogen and oxygen atoms in total. The number of benzene rings is 2. The lowest BCUT2D eigenvalue weighted by molar-refractivity contribution is 0.102. The first-order chi connectivity index (χ1) is 13.4. The van der Waals surface area contributed by atoms with E-state index in [2.05, 4.69) is 20.6 Å². The minimum atomic E-state index is -0.267. The average molecular weight is 397 g/mol. The maximum Gasteiger partial charge on any atom is 0.258 e. The number of carbonyl (C=O) groups excluding carboxylic acids is 1. The molecule has 0 unspecified atom stereocenters. The average Bonchev–Trinajstić information content (AvgIpc) is 2.64. The van der Waals surface area contributed by atoms with Gasteiger partial charge in [-0.15, -0.1) is 0 Å². The van der Waals surface area contributed by atoms with Crippen LogP contribution in [0.15, 0.2) is 42.7 Å². The lowest BCUT2D eigenvalue weighted by atomic mass is 10.1. The molecule has 28 heavy (non-hydrogen) atoms. The van der Waals surface area contributed by atoms with Crippen LogP contribution in [0, 0.1) is 20.8 Å². The highest BCUT2D eigenvalue weighted by Crippen LogP contribution is 2.32. The van der Waals surface area contributed by atoms with Crippen LogP contribution in [0.4, 0.5) is 17.3 Å². The summed E-state index contributed by atoms with van der Waals surface area (Å²) in [5, 5.41) is 6.56. The third-order valence-electron chi connectivity index (χ3n) is 4.12. The fourth-order valence-corrected chi connectivity index (χ4v) is 2.96. The van der Waals surface area contributed by atoms with Crippen LogP contribution in [-0.2, 0) is 0 Å². The number of anilines is 3. The molecule has 0 fully saturated rings. The predicted octanol–water partition coefficient (Wildman–Crippen LogP) is 5.06. The summed E-state index contributed by atoms with van der Waals surface area (Å²) in [6.07, 6.45) is 2.95. The fraction of sp³-hybridized carbons (Fsp3) is 0.190. The summed E-state index contributed by atoms with van der Waals surface area (Å²) in [5.74, 6) is 0.662. The molecule has 1 heterocycles. The van der Waals surface area contributed by atoms with E-state index >= 15 is 0 Å². The van der Waals surface area contributed by atoms with Crippen LogP contribution < -0.4 is 15.4 Å². The van der Waals surface area contributed by atoms with Gasteiger partial charge in [0, 0.05) is 29.2 Å². The molecule has 0 atom stereocenters. The number of ether oxygens (including phenoxy) is 1. The molecule has 1 amide bonds. The van der Waals surface area contributed by atoms with Gasteiger partial charge in [0.25, 0.3) is 5.91 Å². The number of carbonyl (C=O) groups is 1. The smallest absolute Gasteiger partial charge is 0.258 e. The summed E-state index contributed by atoms with van der Waals surface area (Å²) in [4.78, 5) is 20.9. The van der Waals surface area contributed by atoms with Crippen molar-refractivity contribution in [3.63, 3.8) is 0 Å². The minimum Gasteiger partial charge on any atom is -0.495 e. The molecule has 0 aliphatic carbocycles. The zero-order chi connectivity index (χ0) is 20.3. The number of hydrogen-bond acceptors (Lipinski definition) is 5. The summed E-state index contributed by atoms with van der Waals surface area (Å²) in [6, 6.07) is 9.45. The Bertz CT molecular complexity index is 999. The number of amides is 1. The molecule has 2 N–H and O–H groups in total. The van der Waals surface area contributed by atoms with Crippen molar-refractivity contribution >= 4 is 34.8 Å². The van der Waals surface area contributed by atoms with Crippen LogP contribution in [0.3, 0.4) is 0 Å². The van der Waals surface area contributed by atoms with Crippen molar-refractivity contribution in [3.8, 4) is 5.75 Å². The lowest BCUT2D eigenvalue weighted by Crippen LogP contribution is -2.13. The van der Waals surface area contributed by atoms with Gasteiger partial charge in [-0.25, -0.2) is 9.97 Å². The minimum absolute atomic E-state index is 0.267. The van der Waals surface area contributed by atoms with Gasteiger partial charge >= 0.3 is 0 Å². The molecule has 0 radical (unpaired) electrons. The Morgan fingerprint density at radius 1 is 1.00 bits per heavy atom. The molecular weight excluding hydrogens is 376 g/mol. The van der Waals surface area contributed by atoms with Crippen LogP contribution in [0.25, 0.3) is 0 Å². The van der Waals surface area contributed by atoms with Crippen LogP contribution in [0.5, 0.6) is 5.75 Å². The molecule has 0 bridgehead atoms. The normalized spacial score (nSPS) is 10.5. The predicted molar refractivity (Wildman–Crippen MR) is 112 cm³/mol. The van der Waals surface area contributed by atoms with Gasteiger partial charge < -0.3 is 15.4 Å². The van der Waals surface area contributed by atoms with E-state index in [-0.39, 0.29) is 5.91 Å². The summed E-state index contributed by atoms with van der Waals surface area (Å²) in [5.41, 5.74) is 4.86. The third-order valence-corrected chi connectivity index (χ3v) is 4.53. The fourth-order valence-electron chi connectivity index (χ4n) is 2.81. The van der Waals surface area contributed by atoms with Gasteiger partial charge in [0.15, 0.2) is 0 Å². The maximum absolute atomic E-state index is 12.4. The first-order valence-corrected chi connectivity index (χ1v) is 9.06. The van der Waals surface area contributed by atoms with Gasteiger partial charge in [-0.2, -0.15) is 0 Å². The first-order valence-electron chi connectivity index (χ1n) is 8.68. The van der Waals surface area contributed by atoms with Gasteiger partial charge in [-0.05, 0) is 55.7 Å². The Labute approximate surface area is 168 Å². The summed E-state index contributed by atoms with van der Waals surface area (Å²) in [6.45, 7) is 5.87. The van der Waals surface area contributed by atoms with E-state index in [1.54, 1.807) is 13.2 Å². The number of halogens is 1. The van der Waals surface area contributed by atoms with E-state index in [0.29, 0.717) is 28.0 Å². The molecule has 0 spiro atoms. The van der Waals surface area contributed by atoms with Gasteiger partial charge in [0.1, 0.15) is 5.75 Å². The van der Waals surface area contributed by atoms with E-state index in [4.69, 9.17) is 16.3 Å². The quantitative estimate of drug-likeness (QED) is 0.630. The van der Waals surface area contributed by atoms with E-state index < -0.39 is 0 Å². The third kappa shape index (κ3) is 4.58. The van der Waals surface area contributed by atoms with Crippen LogP contribution >= 0.6 is 11.6 Å². The van der Waals surface area contributed by atoms with E-state index in [1.807, 2.05) is 45.0 Å². The highest BCUT2D eigenvalue weighted by atomic mass is 35.5. The van der Waals surface area contributed by atoms with Crippen molar-refractivity contribution in [2.24, 2.45) is 0 Å². The molecule has 0 aliphatic heterocycles. The summed E-state index contributed by atoms with van der Waals surface area (Å²) < 4.78 is 5.33. The molecule has 3 rings (SSSR count). The van der Waals surface area contributed by atoms with Gasteiger partial charge in [-0.3, -0.25) is 4.79 Å². The molecule has 0 saturated heterocycles. The van der Waals surface area contributed by atoms with Gasteiger partial charge in [0.05, 0.1) is 18.4 Å². The van der Waals surface area contributed by atoms with Crippen molar-refractivity contribution in [2.45, 2.75) is 20.8 Å². The zero-order valence-corrected chi connectivity index (χ0v) is 16.9. The second kappa shape index (κ2) is 8.27. The number of methoxy groups -OCH3 is 1. The van der Waals surface area contributed by atoms with E-state index in [1.165, 1.54) is 12.4 Å². The SMILES string of the molecule is COc1cc(Cl)c(C)cc1Nc1ncc(C(=O)Nc2cc(C)cc(C)c2)cn1. The highest BCUT2D eigenvalue weighted by Gasteiger charge is 2.11. The number of hydrogen-bond donors (Lipinski definition) is 2. The Morgan fingerprint density at radius 3 is 2.25 bits per heavy atom. The Morgan fingerprint density at radius 2 is 1.64 bits per heavy atom. The van der Waals surface area contributed by atoms with Crippen molar-refractivity contribution < 1.29 is 9.53 Å². The Kier molecular flexibility index (Phi) is 5.80. The Hall–Kier alpha value is -3.12. The molecule has 2 aromatic carbocycles. The monoisotopic (exact) mass is 396 g/mol. The second-order valence-corrected chi connectivity index (χ2v) is 6.96. The molecule has 7 heteroatoms. The van der Waals surface area contributed by atoms with Crippen LogP contribution in [0.1, 0.15) is 27.0 Å². The van der Waals surface area contributed by atoms with E-state index in [0.717, 1.165) is 22.4 Å². The van der Waals surface area contributed by atoms with Crippen molar-refractivity contribution in [1.82, 2.24) is 9.97 Å². The molecular formula is C21H21ClN4O2. The van der Waals surface area contributed by atoms with Gasteiger partial charge in [-0.1, -0.05) is 17.7 Å². The molecule has 3 aromatic rings. The van der Waals surface area contributed by atoms with Crippen LogP contribution in [-0.4, -0.2) is 23.0 Å². The van der Waals surface area contributed by atoms with Crippen molar-refractivity contribution in [3.05, 3.63) is 70.0 Å². The van der Waals surface area contributed by atoms with E-state index in [9.17, 15) is 4.79 Å². The van der Waals surface area contributed by atoms with Crippen molar-refractivity contribution in [2.75, 3.05) is 17.7 Å². The van der Waals surface area contributed by atoms with Gasteiger partial charge in [0.2, 0.25) is 5.95 Å². The Balaban J connectivity index is 1.75. The molecule has 144 valence electrons.